The van der Waals surface area contributed by atoms with Gasteiger partial charge in [-0.1, -0.05) is 36.4 Å². The van der Waals surface area contributed by atoms with Gasteiger partial charge in [0.1, 0.15) is 16.8 Å². The van der Waals surface area contributed by atoms with Crippen molar-refractivity contribution >= 4 is 40.2 Å². The van der Waals surface area contributed by atoms with Crippen LogP contribution in [0, 0.1) is 11.3 Å². The van der Waals surface area contributed by atoms with Crippen LogP contribution in [-0.2, 0) is 31.8 Å². The van der Waals surface area contributed by atoms with Crippen LogP contribution in [-0.4, -0.2) is 80.7 Å². The summed E-state index contributed by atoms with van der Waals surface area (Å²) in [5, 5.41) is 30.6. The summed E-state index contributed by atoms with van der Waals surface area (Å²) in [6.45, 7) is 16.8. The number of aromatic amines is 2. The Morgan fingerprint density at radius 1 is 0.736 bits per heavy atom. The van der Waals surface area contributed by atoms with E-state index in [-0.39, 0.29) is 25.3 Å². The van der Waals surface area contributed by atoms with E-state index in [9.17, 15) is 19.5 Å². The Hall–Kier alpha value is -5.10. The van der Waals surface area contributed by atoms with Crippen LogP contribution in [0.5, 0.6) is 0 Å². The zero-order valence-electron chi connectivity index (χ0n) is 32.5. The summed E-state index contributed by atoms with van der Waals surface area (Å²) in [7, 11) is 0. The molecule has 0 aliphatic carbocycles. The van der Waals surface area contributed by atoms with E-state index >= 15 is 0 Å². The summed E-state index contributed by atoms with van der Waals surface area (Å²) in [5.41, 5.74) is 8.14. The Morgan fingerprint density at radius 2 is 1.13 bits per heavy atom. The van der Waals surface area contributed by atoms with Crippen molar-refractivity contribution in [1.29, 1.82) is 5.26 Å². The van der Waals surface area contributed by atoms with Crippen molar-refractivity contribution < 1.29 is 43.5 Å². The number of aromatic nitrogens is 2. The topological polar surface area (TPSA) is 222 Å². The predicted molar refractivity (Wildman–Crippen MR) is 204 cm³/mol. The van der Waals surface area contributed by atoms with Crippen LogP contribution in [0.4, 0.5) is 14.4 Å². The number of nitriles is 1. The number of aliphatic hydroxyl groups excluding tert-OH is 2. The molecule has 0 bridgehead atoms. The first-order chi connectivity index (χ1) is 24.6. The number of rotatable bonds is 7. The second kappa shape index (κ2) is 21.4. The molecular formula is C39H57N5O9. The number of ether oxygens (including phenoxy) is 4. The first-order valence-electron chi connectivity index (χ1n) is 17.1. The number of hydrogen-bond donors (Lipinski definition) is 6. The first kappa shape index (κ1) is 45.9. The number of para-hydroxylation sites is 2. The van der Waals surface area contributed by atoms with E-state index in [1.165, 1.54) is 17.9 Å². The average Bonchev–Trinajstić information content (AvgIpc) is 3.63. The lowest BCUT2D eigenvalue weighted by molar-refractivity contribution is -0.0294. The third kappa shape index (κ3) is 19.4. The maximum absolute atomic E-state index is 11.8. The Kier molecular flexibility index (Phi) is 18.6. The highest BCUT2D eigenvalue weighted by Crippen LogP contribution is 2.20. The van der Waals surface area contributed by atoms with Crippen LogP contribution in [0.25, 0.3) is 21.8 Å². The van der Waals surface area contributed by atoms with Gasteiger partial charge in [0.25, 0.3) is 0 Å². The highest BCUT2D eigenvalue weighted by atomic mass is 16.8. The van der Waals surface area contributed by atoms with Gasteiger partial charge in [0, 0.05) is 47.2 Å². The van der Waals surface area contributed by atoms with Gasteiger partial charge >= 0.3 is 18.4 Å². The molecule has 2 aromatic carbocycles. The van der Waals surface area contributed by atoms with Crippen LogP contribution in [0.15, 0.2) is 60.9 Å². The molecule has 0 fully saturated rings. The van der Waals surface area contributed by atoms with Gasteiger partial charge in [0.05, 0.1) is 25.3 Å². The summed E-state index contributed by atoms with van der Waals surface area (Å²) in [6.07, 6.45) is 2.49. The van der Waals surface area contributed by atoms with E-state index in [0.29, 0.717) is 12.8 Å². The van der Waals surface area contributed by atoms with Crippen molar-refractivity contribution in [2.45, 2.75) is 111 Å². The maximum atomic E-state index is 11.8. The standard InChI is InChI=1S/C16H22N2O3.C11H14N2O.C10H18O5.C2H3N/c1-16(2,3)21-15(20)18-12(10-19)8-11-9-17-14-7-5-4-6-13(11)14;12-9(7-14)5-8-6-13-11-4-2-1-3-10(8)11;1-9(2,3)14-7(11)13-8(12)15-10(4,5)6;1-2-3/h4-7,9,12,17,19H,8,10H2,1-3H3,(H,18,20);1-4,6,9,13-14H,5,7,12H2;1-6H3;1H3/t12-;9-;;/m11../s1. The number of fused-ring (bicyclic) bond motifs is 2. The molecule has 1 amide bonds. The van der Waals surface area contributed by atoms with Gasteiger partial charge in [-0.15, -0.1) is 0 Å². The molecule has 4 rings (SSSR count). The minimum Gasteiger partial charge on any atom is -0.444 e. The van der Waals surface area contributed by atoms with E-state index in [0.717, 1.165) is 22.0 Å². The molecule has 0 aliphatic rings. The molecule has 2 atom stereocenters. The summed E-state index contributed by atoms with van der Waals surface area (Å²) in [4.78, 5) is 40.2. The number of amides is 1. The molecule has 14 nitrogen and oxygen atoms in total. The molecule has 0 spiro atoms. The number of aliphatic hydroxyl groups is 2. The molecular weight excluding hydrogens is 682 g/mol. The van der Waals surface area contributed by atoms with Crippen LogP contribution >= 0.6 is 0 Å². The molecule has 292 valence electrons. The maximum Gasteiger partial charge on any atom is 0.519 e. The van der Waals surface area contributed by atoms with Gasteiger partial charge in [-0.05, 0) is 98.4 Å². The van der Waals surface area contributed by atoms with E-state index in [1.54, 1.807) is 68.4 Å². The Balaban J connectivity index is 0.000000392. The number of H-pyrrole nitrogens is 2. The predicted octanol–water partition coefficient (Wildman–Crippen LogP) is 7.03. The van der Waals surface area contributed by atoms with Crippen molar-refractivity contribution in [3.63, 3.8) is 0 Å². The third-order valence-electron chi connectivity index (χ3n) is 6.42. The Labute approximate surface area is 311 Å². The van der Waals surface area contributed by atoms with Gasteiger partial charge in [0.15, 0.2) is 0 Å². The Morgan fingerprint density at radius 3 is 1.51 bits per heavy atom. The fraction of sp³-hybridized carbons (Fsp3) is 0.487. The third-order valence-corrected chi connectivity index (χ3v) is 6.42. The van der Waals surface area contributed by atoms with Crippen LogP contribution in [0.1, 0.15) is 80.4 Å². The summed E-state index contributed by atoms with van der Waals surface area (Å²) < 4.78 is 19.0. The van der Waals surface area contributed by atoms with E-state index in [4.69, 9.17) is 30.3 Å². The largest absolute Gasteiger partial charge is 0.519 e. The van der Waals surface area contributed by atoms with Crippen molar-refractivity contribution in [2.24, 2.45) is 5.73 Å². The Bertz CT molecular complexity index is 1730. The lowest BCUT2D eigenvalue weighted by Crippen LogP contribution is -2.42. The van der Waals surface area contributed by atoms with Crippen LogP contribution in [0.3, 0.4) is 0 Å². The molecule has 0 radical (unpaired) electrons. The van der Waals surface area contributed by atoms with Crippen molar-refractivity contribution in [3.8, 4) is 6.07 Å². The summed E-state index contributed by atoms with van der Waals surface area (Å²) in [6, 6.07) is 17.2. The fourth-order valence-electron chi connectivity index (χ4n) is 4.46. The highest BCUT2D eigenvalue weighted by Gasteiger charge is 2.24. The summed E-state index contributed by atoms with van der Waals surface area (Å²) >= 11 is 0. The molecule has 2 heterocycles. The highest BCUT2D eigenvalue weighted by molar-refractivity contribution is 5.84. The molecule has 0 aliphatic heterocycles. The second-order valence-electron chi connectivity index (χ2n) is 14.9. The lowest BCUT2D eigenvalue weighted by Gasteiger charge is -2.22. The van der Waals surface area contributed by atoms with Crippen molar-refractivity contribution in [2.75, 3.05) is 13.2 Å². The molecule has 0 saturated heterocycles. The van der Waals surface area contributed by atoms with Crippen LogP contribution in [0.2, 0.25) is 0 Å². The molecule has 14 heteroatoms. The molecule has 0 unspecified atom stereocenters. The zero-order valence-corrected chi connectivity index (χ0v) is 32.5. The van der Waals surface area contributed by atoms with Crippen molar-refractivity contribution in [1.82, 2.24) is 15.3 Å². The minimum atomic E-state index is -1.06. The number of alkyl carbamates (subject to hydrolysis) is 1. The van der Waals surface area contributed by atoms with Gasteiger partial charge in [-0.2, -0.15) is 5.26 Å². The van der Waals surface area contributed by atoms with Gasteiger partial charge in [0.2, 0.25) is 0 Å². The SMILES string of the molecule is CC#N.CC(C)(C)OC(=O)N[C@@H](CO)Cc1c[nH]c2ccccc12.CC(C)(C)OC(=O)OC(=O)OC(C)(C)C.N[C@@H](CO)Cc1c[nH]c2ccccc12. The quantitative estimate of drug-likeness (QED) is 0.0641. The fourth-order valence-corrected chi connectivity index (χ4v) is 4.46. The monoisotopic (exact) mass is 739 g/mol. The number of benzene rings is 2. The smallest absolute Gasteiger partial charge is 0.444 e. The second-order valence-corrected chi connectivity index (χ2v) is 14.9. The molecule has 0 saturated carbocycles. The van der Waals surface area contributed by atoms with Crippen molar-refractivity contribution in [3.05, 3.63) is 72.1 Å². The van der Waals surface area contributed by atoms with E-state index in [1.807, 2.05) is 54.9 Å². The molecule has 4 aromatic rings. The number of hydrogen-bond acceptors (Lipinski definition) is 11. The molecule has 2 aromatic heterocycles. The van der Waals surface area contributed by atoms with Gasteiger partial charge in [-0.25, -0.2) is 14.4 Å². The number of carbonyl (C=O) groups excluding carboxylic acids is 3. The minimum absolute atomic E-state index is 0.0273. The number of nitrogens with zero attached hydrogens (tertiary/aromatic N) is 1. The number of nitrogens with one attached hydrogen (secondary N) is 3. The first-order valence-corrected chi connectivity index (χ1v) is 17.1. The van der Waals surface area contributed by atoms with E-state index < -0.39 is 35.2 Å². The normalized spacial score (nSPS) is 12.2. The average molecular weight is 740 g/mol. The molecule has 7 N–H and O–H groups in total. The number of nitrogens with two attached hydrogens (primary N) is 1. The van der Waals surface area contributed by atoms with Crippen LogP contribution < -0.4 is 11.1 Å². The van der Waals surface area contributed by atoms with Gasteiger partial charge in [-0.3, -0.25) is 0 Å². The van der Waals surface area contributed by atoms with E-state index in [2.05, 4.69) is 26.1 Å². The lowest BCUT2D eigenvalue weighted by atomic mass is 10.1. The summed E-state index contributed by atoms with van der Waals surface area (Å²) in [5.74, 6) is 0. The number of carbonyl (C=O) groups is 3. The molecule has 53 heavy (non-hydrogen) atoms. The zero-order chi connectivity index (χ0) is 40.4. The van der Waals surface area contributed by atoms with Gasteiger partial charge < -0.3 is 50.2 Å².